The summed E-state index contributed by atoms with van der Waals surface area (Å²) in [7, 11) is 32.6. The zero-order valence-corrected chi connectivity index (χ0v) is 29.3. The molecule has 10 radical (unpaired) electrons. The lowest BCUT2D eigenvalue weighted by Crippen LogP contribution is -2.55. The van der Waals surface area contributed by atoms with Crippen molar-refractivity contribution in [2.45, 2.75) is 0 Å². The second-order valence-corrected chi connectivity index (χ2v) is 14.4. The minimum atomic E-state index is 0.153. The Morgan fingerprint density at radius 1 is 0.382 bits per heavy atom. The normalized spacial score (nSPS) is 12.4. The molecule has 0 aliphatic rings. The number of fused-ring (bicyclic) bond motifs is 16. The first kappa shape index (κ1) is 30.9. The molecular weight excluding hydrogens is 663 g/mol. The third-order valence-electron chi connectivity index (χ3n) is 11.7. The van der Waals surface area contributed by atoms with E-state index in [0.717, 1.165) is 48.7 Å². The van der Waals surface area contributed by atoms with Crippen LogP contribution in [-0.2, 0) is 0 Å². The highest BCUT2D eigenvalue weighted by molar-refractivity contribution is 6.68. The maximum absolute atomic E-state index is 6.72. The Hall–Kier alpha value is -6.46. The van der Waals surface area contributed by atoms with Crippen molar-refractivity contribution in [1.29, 1.82) is 0 Å². The fraction of sp³-hybridized carbons (Fsp3) is 0. The van der Waals surface area contributed by atoms with Crippen molar-refractivity contribution in [2.75, 3.05) is 0 Å². The van der Waals surface area contributed by atoms with Crippen molar-refractivity contribution >= 4 is 159 Å². The minimum Gasteiger partial charge on any atom is -0.307 e. The van der Waals surface area contributed by atoms with Gasteiger partial charge in [0.2, 0.25) is 5.95 Å². The van der Waals surface area contributed by atoms with E-state index in [2.05, 4.69) is 112 Å². The van der Waals surface area contributed by atoms with Gasteiger partial charge in [-0.3, -0.25) is 4.57 Å². The van der Waals surface area contributed by atoms with E-state index < -0.39 is 0 Å². The van der Waals surface area contributed by atoms with Crippen LogP contribution in [0.3, 0.4) is 0 Å². The molecule has 0 saturated heterocycles. The smallest absolute Gasteiger partial charge is 0.235 e. The monoisotopic (exact) mass is 684 g/mol. The van der Waals surface area contributed by atoms with E-state index >= 15 is 0 Å². The van der Waals surface area contributed by atoms with Crippen molar-refractivity contribution in [2.24, 2.45) is 0 Å². The summed E-state index contributed by atoms with van der Waals surface area (Å²) in [6.45, 7) is 0. The van der Waals surface area contributed by atoms with E-state index in [4.69, 9.17) is 49.2 Å². The first-order valence-electron chi connectivity index (χ1n) is 18.1. The van der Waals surface area contributed by atoms with Crippen LogP contribution in [-0.4, -0.2) is 58.2 Å². The first-order chi connectivity index (χ1) is 26.9. The summed E-state index contributed by atoms with van der Waals surface area (Å²) in [6, 6.07) is 44.8. The molecule has 9 heteroatoms. The molecule has 0 bridgehead atoms. The van der Waals surface area contributed by atoms with E-state index in [-0.39, 0.29) is 27.3 Å². The highest BCUT2D eigenvalue weighted by atomic mass is 15.2. The molecule has 0 N–H and O–H groups in total. The molecule has 0 atom stereocenters. The summed E-state index contributed by atoms with van der Waals surface area (Å²) >= 11 is 0. The maximum Gasteiger partial charge on any atom is 0.235 e. The number of hydrogen-bond donors (Lipinski definition) is 0. The lowest BCUT2D eigenvalue weighted by atomic mass is 9.60. The third kappa shape index (κ3) is 3.83. The van der Waals surface area contributed by atoms with Crippen LogP contribution in [0.5, 0.6) is 0 Å². The number of benzene rings is 8. The summed E-state index contributed by atoms with van der Waals surface area (Å²) in [5.74, 6) is 0.461. The van der Waals surface area contributed by atoms with E-state index in [1.165, 1.54) is 38.1 Å². The standard InChI is InChI=1S/C46H21B5N4/c47-37-36(38(48)40(50)41(51)39(37)49)42-28-15-5-7-18-30(28)52-46(53-42)55-32-21-20-22-10-1-2-11-23(22)33(32)35-34-29-17-9-16-25-24-12-6-8-19-31(24)54(43(25)29)44(34)26-13-3-4-14-27(26)45(35)55/h1-21H. The van der Waals surface area contributed by atoms with Gasteiger partial charge in [0, 0.05) is 48.5 Å². The van der Waals surface area contributed by atoms with Crippen molar-refractivity contribution in [3.63, 3.8) is 0 Å². The molecule has 0 aliphatic carbocycles. The topological polar surface area (TPSA) is 35.1 Å². The molecule has 55 heavy (non-hydrogen) atoms. The summed E-state index contributed by atoms with van der Waals surface area (Å²) in [4.78, 5) is 10.7. The SMILES string of the molecule is [B]c1c([B])c([B])c(-c2nc(-n3c4ccc5ccccc5c4c4c5c6cccc7c8ccccc8n(c76)c5c5ccccc5c43)nc3ccccc23)c([B])c1[B]. The van der Waals surface area contributed by atoms with E-state index in [1.54, 1.807) is 0 Å². The predicted molar refractivity (Wildman–Crippen MR) is 236 cm³/mol. The second kappa shape index (κ2) is 10.8. The van der Waals surface area contributed by atoms with Gasteiger partial charge in [0.25, 0.3) is 0 Å². The molecule has 0 saturated carbocycles. The van der Waals surface area contributed by atoms with Crippen molar-refractivity contribution in [3.05, 3.63) is 127 Å². The summed E-state index contributed by atoms with van der Waals surface area (Å²) < 4.78 is 4.68. The largest absolute Gasteiger partial charge is 0.307 e. The first-order valence-corrected chi connectivity index (χ1v) is 18.1. The van der Waals surface area contributed by atoms with Crippen LogP contribution in [0, 0.1) is 0 Å². The van der Waals surface area contributed by atoms with Gasteiger partial charge in [-0.25, -0.2) is 9.97 Å². The molecule has 0 aliphatic heterocycles. The Labute approximate surface area is 321 Å². The summed E-state index contributed by atoms with van der Waals surface area (Å²) in [5.41, 5.74) is 8.14. The Morgan fingerprint density at radius 3 is 1.75 bits per heavy atom. The molecule has 0 fully saturated rings. The van der Waals surface area contributed by atoms with E-state index in [1.807, 2.05) is 24.3 Å². The van der Waals surface area contributed by atoms with Gasteiger partial charge >= 0.3 is 0 Å². The van der Waals surface area contributed by atoms with Crippen molar-refractivity contribution in [3.8, 4) is 17.2 Å². The lowest BCUT2D eigenvalue weighted by molar-refractivity contribution is 1.02. The maximum atomic E-state index is 6.72. The number of aromatic nitrogens is 4. The quantitative estimate of drug-likeness (QED) is 0.216. The molecule has 12 aromatic rings. The van der Waals surface area contributed by atoms with Crippen LogP contribution in [0.2, 0.25) is 0 Å². The van der Waals surface area contributed by atoms with Gasteiger partial charge in [0.05, 0.1) is 38.8 Å². The van der Waals surface area contributed by atoms with Crippen LogP contribution in [0.15, 0.2) is 127 Å². The zero-order chi connectivity index (χ0) is 36.9. The Morgan fingerprint density at radius 2 is 0.964 bits per heavy atom. The van der Waals surface area contributed by atoms with Gasteiger partial charge in [-0.15, -0.1) is 16.4 Å². The van der Waals surface area contributed by atoms with Crippen LogP contribution in [0.1, 0.15) is 0 Å². The fourth-order valence-electron chi connectivity index (χ4n) is 9.32. The van der Waals surface area contributed by atoms with Gasteiger partial charge in [-0.2, -0.15) is 0 Å². The van der Waals surface area contributed by atoms with Gasteiger partial charge in [-0.05, 0) is 34.5 Å². The second-order valence-electron chi connectivity index (χ2n) is 14.4. The minimum absolute atomic E-state index is 0.153. The fourth-order valence-corrected chi connectivity index (χ4v) is 9.32. The van der Waals surface area contributed by atoms with Crippen LogP contribution in [0.25, 0.3) is 110 Å². The van der Waals surface area contributed by atoms with E-state index in [0.29, 0.717) is 22.7 Å². The number of rotatable bonds is 2. The average molecular weight is 684 g/mol. The molecule has 0 amide bonds. The molecular formula is C46H21B5N4. The molecule has 4 aromatic heterocycles. The molecule has 0 spiro atoms. The Bertz CT molecular complexity index is 3650. The number of nitrogens with zero attached hydrogens (tertiary/aromatic N) is 4. The van der Waals surface area contributed by atoms with Gasteiger partial charge in [0.15, 0.2) is 0 Å². The van der Waals surface area contributed by atoms with Crippen LogP contribution in [0.4, 0.5) is 0 Å². The lowest BCUT2D eigenvalue weighted by Gasteiger charge is -2.22. The predicted octanol–water partition coefficient (Wildman–Crippen LogP) is 5.82. The zero-order valence-electron chi connectivity index (χ0n) is 29.3. The molecule has 12 rings (SSSR count). The molecule has 240 valence electrons. The number of hydrogen-bond acceptors (Lipinski definition) is 2. The van der Waals surface area contributed by atoms with Gasteiger partial charge in [0.1, 0.15) is 39.2 Å². The van der Waals surface area contributed by atoms with Gasteiger partial charge in [-0.1, -0.05) is 120 Å². The highest BCUT2D eigenvalue weighted by Crippen LogP contribution is 2.49. The summed E-state index contributed by atoms with van der Waals surface area (Å²) in [5, 5.41) is 12.4. The van der Waals surface area contributed by atoms with Crippen LogP contribution >= 0.6 is 0 Å². The van der Waals surface area contributed by atoms with Crippen molar-refractivity contribution < 1.29 is 0 Å². The molecule has 8 aromatic carbocycles. The summed E-state index contributed by atoms with van der Waals surface area (Å²) in [6.07, 6.45) is 0. The number of para-hydroxylation sites is 3. The molecule has 4 nitrogen and oxygen atoms in total. The Balaban J connectivity index is 1.36. The van der Waals surface area contributed by atoms with Crippen molar-refractivity contribution in [1.82, 2.24) is 18.9 Å². The van der Waals surface area contributed by atoms with Crippen LogP contribution < -0.4 is 27.3 Å². The average Bonchev–Trinajstić information content (AvgIpc) is 3.88. The molecule has 4 heterocycles. The highest BCUT2D eigenvalue weighted by Gasteiger charge is 2.28. The molecule has 0 unspecified atom stereocenters. The third-order valence-corrected chi connectivity index (χ3v) is 11.7. The van der Waals surface area contributed by atoms with E-state index in [9.17, 15) is 0 Å². The Kier molecular flexibility index (Phi) is 6.09. The van der Waals surface area contributed by atoms with Gasteiger partial charge < -0.3 is 4.40 Å².